The summed E-state index contributed by atoms with van der Waals surface area (Å²) in [5.41, 5.74) is 0.0714. The first-order valence-corrected chi connectivity index (χ1v) is 13.4. The van der Waals surface area contributed by atoms with Crippen molar-refractivity contribution >= 4 is 21.7 Å². The lowest BCUT2D eigenvalue weighted by atomic mass is 9.48. The molecule has 0 radical (unpaired) electrons. The van der Waals surface area contributed by atoms with Gasteiger partial charge in [-0.2, -0.15) is 0 Å². The number of hydrogen-bond donors (Lipinski definition) is 1. The van der Waals surface area contributed by atoms with Gasteiger partial charge in [0.2, 0.25) is 0 Å². The first kappa shape index (κ1) is 25.4. The molecule has 0 saturated heterocycles. The minimum atomic E-state index is -0.0193. The summed E-state index contributed by atoms with van der Waals surface area (Å²) in [7, 11) is 0. The monoisotopic (exact) mass is 469 g/mol. The number of carbonyl (C=O) groups excluding carboxylic acids is 1. The Hall–Kier alpha value is 0.110. The molecule has 0 amide bonds. The zero-order chi connectivity index (χ0) is 20.2. The fraction of sp³-hybridized carbons (Fsp3) is 0.962. The fourth-order valence-corrected chi connectivity index (χ4v) is 7.50. The van der Waals surface area contributed by atoms with Crippen molar-refractivity contribution in [2.75, 3.05) is 0 Å². The van der Waals surface area contributed by atoms with Crippen molar-refractivity contribution in [2.45, 2.75) is 128 Å². The van der Waals surface area contributed by atoms with E-state index in [-0.39, 0.29) is 15.9 Å². The molecule has 2 nitrogen and oxygen atoms in total. The number of hydrogen-bond acceptors (Lipinski definition) is 2. The minimum Gasteiger partial charge on any atom is -0.344 e. The van der Waals surface area contributed by atoms with Crippen LogP contribution < -0.4 is 6.15 Å². The lowest BCUT2D eigenvalue weighted by Crippen LogP contribution is -2.51. The van der Waals surface area contributed by atoms with E-state index in [1.54, 1.807) is 0 Å². The number of carbonyl (C=O) groups is 1. The smallest absolute Gasteiger partial charge is 0.140 e. The van der Waals surface area contributed by atoms with Gasteiger partial charge in [0.15, 0.2) is 0 Å². The van der Waals surface area contributed by atoms with Gasteiger partial charge in [-0.3, -0.25) is 4.79 Å². The molecule has 0 aromatic carbocycles. The second-order valence-electron chi connectivity index (χ2n) is 11.2. The average Bonchev–Trinajstić information content (AvgIpc) is 2.62. The van der Waals surface area contributed by atoms with Gasteiger partial charge in [-0.1, -0.05) is 81.1 Å². The van der Waals surface area contributed by atoms with E-state index < -0.39 is 0 Å². The SMILES string of the molecule is CCCCCCCCCCC(C)C(C)(Br)CC(=O)C12CC3CC(CC(C3)C1)C2.N. The standard InChI is InChI=1S/C26H45BrO.H3N/c1-4-5-6-7-8-9-10-11-12-20(2)25(3,27)19-24(28)26-16-21-13-22(17-26)15-23(14-21)18-26;/h20-23H,4-19H2,1-3H3;1H3. The fourth-order valence-electron chi connectivity index (χ4n) is 7.01. The molecule has 4 saturated carbocycles. The van der Waals surface area contributed by atoms with Crippen LogP contribution in [0.5, 0.6) is 0 Å². The van der Waals surface area contributed by atoms with E-state index >= 15 is 0 Å². The second-order valence-corrected chi connectivity index (χ2v) is 13.1. The molecule has 2 unspecified atom stereocenters. The summed E-state index contributed by atoms with van der Waals surface area (Å²) in [5.74, 6) is 3.78. The van der Waals surface area contributed by atoms with E-state index in [0.29, 0.717) is 11.7 Å². The Kier molecular flexibility index (Phi) is 9.73. The van der Waals surface area contributed by atoms with Crippen molar-refractivity contribution in [3.63, 3.8) is 0 Å². The van der Waals surface area contributed by atoms with Crippen LogP contribution in [0.3, 0.4) is 0 Å². The predicted octanol–water partition coefficient (Wildman–Crippen LogP) is 8.64. The Balaban J connectivity index is 0.00000300. The van der Waals surface area contributed by atoms with Gasteiger partial charge in [-0.15, -0.1) is 0 Å². The topological polar surface area (TPSA) is 52.1 Å². The molecule has 4 rings (SSSR count). The first-order chi connectivity index (χ1) is 13.3. The highest BCUT2D eigenvalue weighted by atomic mass is 79.9. The molecular weight excluding hydrogens is 422 g/mol. The van der Waals surface area contributed by atoms with Crippen LogP contribution >= 0.6 is 15.9 Å². The Morgan fingerprint density at radius 3 is 1.86 bits per heavy atom. The molecule has 2 atom stereocenters. The third kappa shape index (κ3) is 6.55. The number of Topliss-reactive ketones (excluding diaryl/α,β-unsaturated/α-hetero) is 1. The maximum absolute atomic E-state index is 13.5. The van der Waals surface area contributed by atoms with Gasteiger partial charge < -0.3 is 6.15 Å². The van der Waals surface area contributed by atoms with E-state index in [1.807, 2.05) is 0 Å². The van der Waals surface area contributed by atoms with Crippen LogP contribution in [0.25, 0.3) is 0 Å². The molecule has 3 heteroatoms. The summed E-state index contributed by atoms with van der Waals surface area (Å²) < 4.78 is -0.0193. The molecule has 0 aliphatic heterocycles. The summed E-state index contributed by atoms with van der Waals surface area (Å²) in [6.45, 7) is 6.94. The number of rotatable bonds is 13. The normalized spacial score (nSPS) is 33.2. The van der Waals surface area contributed by atoms with E-state index in [4.69, 9.17) is 0 Å². The molecule has 170 valence electrons. The van der Waals surface area contributed by atoms with Gasteiger partial charge >= 0.3 is 0 Å². The van der Waals surface area contributed by atoms with E-state index in [1.165, 1.54) is 96.3 Å². The summed E-state index contributed by atoms with van der Waals surface area (Å²) in [4.78, 5) is 13.5. The Morgan fingerprint density at radius 1 is 0.931 bits per heavy atom. The predicted molar refractivity (Wildman–Crippen MR) is 129 cm³/mol. The maximum atomic E-state index is 13.5. The molecule has 4 aliphatic rings. The second kappa shape index (κ2) is 11.1. The lowest BCUT2D eigenvalue weighted by Gasteiger charge is -2.56. The molecule has 4 fully saturated rings. The molecule has 3 N–H and O–H groups in total. The van der Waals surface area contributed by atoms with Crippen molar-refractivity contribution in [3.05, 3.63) is 0 Å². The number of ketones is 1. The molecule has 0 aromatic rings. The molecule has 4 bridgehead atoms. The minimum absolute atomic E-state index is 0. The number of unbranched alkanes of at least 4 members (excludes halogenated alkanes) is 7. The van der Waals surface area contributed by atoms with Gasteiger partial charge in [0.25, 0.3) is 0 Å². The number of halogens is 1. The third-order valence-electron chi connectivity index (χ3n) is 8.65. The van der Waals surface area contributed by atoms with Crippen LogP contribution in [0.2, 0.25) is 0 Å². The summed E-state index contributed by atoms with van der Waals surface area (Å²) in [5, 5.41) is 0. The van der Waals surface area contributed by atoms with Gasteiger partial charge in [0, 0.05) is 16.2 Å². The van der Waals surface area contributed by atoms with Crippen molar-refractivity contribution < 1.29 is 4.79 Å². The van der Waals surface area contributed by atoms with Crippen molar-refractivity contribution in [1.82, 2.24) is 6.15 Å². The van der Waals surface area contributed by atoms with Gasteiger partial charge in [-0.05, 0) is 75.5 Å². The van der Waals surface area contributed by atoms with E-state index in [9.17, 15) is 4.79 Å². The first-order valence-electron chi connectivity index (χ1n) is 12.6. The summed E-state index contributed by atoms with van der Waals surface area (Å²) in [6, 6.07) is 0. The molecule has 0 aromatic heterocycles. The van der Waals surface area contributed by atoms with Gasteiger partial charge in [-0.25, -0.2) is 0 Å². The lowest BCUT2D eigenvalue weighted by molar-refractivity contribution is -0.144. The Labute approximate surface area is 189 Å². The van der Waals surface area contributed by atoms with E-state index in [2.05, 4.69) is 36.7 Å². The van der Waals surface area contributed by atoms with Gasteiger partial charge in [0.1, 0.15) is 5.78 Å². The van der Waals surface area contributed by atoms with E-state index in [0.717, 1.165) is 24.2 Å². The third-order valence-corrected chi connectivity index (χ3v) is 9.72. The molecule has 0 spiro atoms. The average molecular weight is 471 g/mol. The zero-order valence-electron chi connectivity index (χ0n) is 19.6. The van der Waals surface area contributed by atoms with Crippen LogP contribution in [0.4, 0.5) is 0 Å². The highest BCUT2D eigenvalue weighted by Gasteiger charge is 2.55. The quantitative estimate of drug-likeness (QED) is 0.216. The highest BCUT2D eigenvalue weighted by molar-refractivity contribution is 9.10. The molecule has 29 heavy (non-hydrogen) atoms. The Bertz CT molecular complexity index is 480. The van der Waals surface area contributed by atoms with Crippen molar-refractivity contribution in [1.29, 1.82) is 0 Å². The maximum Gasteiger partial charge on any atom is 0.140 e. The van der Waals surface area contributed by atoms with Crippen molar-refractivity contribution in [3.8, 4) is 0 Å². The van der Waals surface area contributed by atoms with Crippen LogP contribution in [-0.2, 0) is 4.79 Å². The summed E-state index contributed by atoms with van der Waals surface area (Å²) in [6.07, 6.45) is 21.0. The largest absolute Gasteiger partial charge is 0.344 e. The number of alkyl halides is 1. The highest BCUT2D eigenvalue weighted by Crippen LogP contribution is 2.61. The van der Waals surface area contributed by atoms with Crippen LogP contribution in [0.15, 0.2) is 0 Å². The van der Waals surface area contributed by atoms with Crippen LogP contribution in [0.1, 0.15) is 124 Å². The zero-order valence-corrected chi connectivity index (χ0v) is 21.2. The summed E-state index contributed by atoms with van der Waals surface area (Å²) >= 11 is 4.02. The van der Waals surface area contributed by atoms with Crippen LogP contribution in [0, 0.1) is 29.1 Å². The molecule has 4 aliphatic carbocycles. The molecular formula is C26H48BrNO. The Morgan fingerprint density at radius 2 is 1.38 bits per heavy atom. The van der Waals surface area contributed by atoms with Crippen molar-refractivity contribution in [2.24, 2.45) is 29.1 Å². The molecule has 0 heterocycles. The van der Waals surface area contributed by atoms with Crippen LogP contribution in [-0.4, -0.2) is 10.1 Å². The van der Waals surface area contributed by atoms with Gasteiger partial charge in [0.05, 0.1) is 0 Å².